The van der Waals surface area contributed by atoms with Crippen LogP contribution in [0.4, 0.5) is 13.2 Å². The summed E-state index contributed by atoms with van der Waals surface area (Å²) in [6, 6.07) is 4.54. The second kappa shape index (κ2) is 7.06. The van der Waals surface area contributed by atoms with Crippen molar-refractivity contribution in [3.05, 3.63) is 65.4 Å². The van der Waals surface area contributed by atoms with Crippen molar-refractivity contribution in [2.24, 2.45) is 0 Å². The van der Waals surface area contributed by atoms with Gasteiger partial charge in [-0.2, -0.15) is 18.3 Å². The minimum absolute atomic E-state index is 0.0893. The molecule has 1 amide bonds. The van der Waals surface area contributed by atoms with Crippen LogP contribution in [-0.2, 0) is 17.5 Å². The maximum Gasteiger partial charge on any atom is 0.416 e. The van der Waals surface area contributed by atoms with Crippen LogP contribution in [0.3, 0.4) is 0 Å². The fraction of sp³-hybridized carbons (Fsp3) is 0.176. The summed E-state index contributed by atoms with van der Waals surface area (Å²) in [5, 5.41) is 6.60. The van der Waals surface area contributed by atoms with Crippen LogP contribution in [0.2, 0.25) is 0 Å². The molecule has 0 saturated carbocycles. The number of fused-ring (bicyclic) bond motifs is 1. The maximum atomic E-state index is 12.9. The lowest BCUT2D eigenvalue weighted by molar-refractivity contribution is -0.137. The molecule has 0 saturated heterocycles. The van der Waals surface area contributed by atoms with Gasteiger partial charge in [-0.25, -0.2) is 9.67 Å². The molecule has 0 unspecified atom stereocenters. The number of amides is 1. The van der Waals surface area contributed by atoms with Crippen LogP contribution in [0.25, 0.3) is 16.7 Å². The number of hydrogen-bond acceptors (Lipinski definition) is 4. The van der Waals surface area contributed by atoms with E-state index in [1.807, 2.05) is 0 Å². The van der Waals surface area contributed by atoms with Crippen LogP contribution in [0, 0.1) is 0 Å². The van der Waals surface area contributed by atoms with E-state index in [1.54, 1.807) is 0 Å². The van der Waals surface area contributed by atoms with Gasteiger partial charge in [-0.15, -0.1) is 6.58 Å². The first-order chi connectivity index (χ1) is 12.8. The quantitative estimate of drug-likeness (QED) is 0.689. The van der Waals surface area contributed by atoms with Crippen LogP contribution >= 0.6 is 0 Å². The Kier molecular flexibility index (Phi) is 4.80. The third-order valence-corrected chi connectivity index (χ3v) is 3.73. The Morgan fingerprint density at radius 3 is 2.81 bits per heavy atom. The van der Waals surface area contributed by atoms with Crippen molar-refractivity contribution in [1.29, 1.82) is 0 Å². The van der Waals surface area contributed by atoms with Gasteiger partial charge in [0.25, 0.3) is 5.56 Å². The molecule has 0 bridgehead atoms. The van der Waals surface area contributed by atoms with Gasteiger partial charge in [0.1, 0.15) is 18.3 Å². The van der Waals surface area contributed by atoms with Crippen molar-refractivity contribution < 1.29 is 18.0 Å². The smallest absolute Gasteiger partial charge is 0.351 e. The Morgan fingerprint density at radius 1 is 1.33 bits per heavy atom. The molecule has 2 aromatic heterocycles. The molecule has 1 N–H and O–H groups in total. The number of nitrogens with one attached hydrogen (secondary N) is 1. The van der Waals surface area contributed by atoms with Crippen LogP contribution in [0.5, 0.6) is 0 Å². The molecule has 2 heterocycles. The van der Waals surface area contributed by atoms with Crippen LogP contribution < -0.4 is 10.9 Å². The van der Waals surface area contributed by atoms with Gasteiger partial charge < -0.3 is 5.32 Å². The van der Waals surface area contributed by atoms with E-state index in [2.05, 4.69) is 22.0 Å². The molecule has 3 rings (SSSR count). The summed E-state index contributed by atoms with van der Waals surface area (Å²) in [7, 11) is 0. The first-order valence-corrected chi connectivity index (χ1v) is 7.79. The SMILES string of the molecule is C=CCNC(=O)Cn1cnc2c(cnn2-c2cccc(C(F)(F)F)c2)c1=O. The maximum absolute atomic E-state index is 12.9. The highest BCUT2D eigenvalue weighted by molar-refractivity contribution is 5.78. The van der Waals surface area contributed by atoms with Crippen molar-refractivity contribution in [1.82, 2.24) is 24.6 Å². The molecule has 0 aliphatic carbocycles. The standard InChI is InChI=1S/C17H14F3N5O2/c1-2-6-21-14(26)9-24-10-22-15-13(16(24)27)8-23-25(15)12-5-3-4-11(7-12)17(18,19)20/h2-5,7-8,10H,1,6,9H2,(H,21,26). The fourth-order valence-electron chi connectivity index (χ4n) is 2.46. The first kappa shape index (κ1) is 18.4. The second-order valence-corrected chi connectivity index (χ2v) is 5.61. The summed E-state index contributed by atoms with van der Waals surface area (Å²) >= 11 is 0. The third-order valence-electron chi connectivity index (χ3n) is 3.73. The number of carbonyl (C=O) groups is 1. The van der Waals surface area contributed by atoms with E-state index in [0.29, 0.717) is 0 Å². The highest BCUT2D eigenvalue weighted by Gasteiger charge is 2.30. The molecule has 3 aromatic rings. The molecular formula is C17H14F3N5O2. The predicted molar refractivity (Wildman–Crippen MR) is 91.3 cm³/mol. The lowest BCUT2D eigenvalue weighted by Crippen LogP contribution is -2.32. The molecule has 0 atom stereocenters. The summed E-state index contributed by atoms with van der Waals surface area (Å²) in [6.07, 6.45) is -0.633. The van der Waals surface area contributed by atoms with Crippen molar-refractivity contribution >= 4 is 16.9 Å². The van der Waals surface area contributed by atoms with E-state index >= 15 is 0 Å². The lowest BCUT2D eigenvalue weighted by atomic mass is 10.2. The average molecular weight is 377 g/mol. The summed E-state index contributed by atoms with van der Waals surface area (Å²) in [6.45, 7) is 3.49. The van der Waals surface area contributed by atoms with Gasteiger partial charge in [-0.3, -0.25) is 14.2 Å². The Bertz CT molecular complexity index is 1070. The monoisotopic (exact) mass is 377 g/mol. The number of halogens is 3. The highest BCUT2D eigenvalue weighted by Crippen LogP contribution is 2.30. The molecule has 0 spiro atoms. The van der Waals surface area contributed by atoms with Crippen molar-refractivity contribution in [2.45, 2.75) is 12.7 Å². The molecule has 0 radical (unpaired) electrons. The molecule has 140 valence electrons. The number of rotatable bonds is 5. The van der Waals surface area contributed by atoms with Gasteiger partial charge in [0.15, 0.2) is 5.65 Å². The Morgan fingerprint density at radius 2 is 2.11 bits per heavy atom. The van der Waals surface area contributed by atoms with E-state index in [4.69, 9.17) is 0 Å². The van der Waals surface area contributed by atoms with Gasteiger partial charge in [0.2, 0.25) is 5.91 Å². The zero-order chi connectivity index (χ0) is 19.6. The molecular weight excluding hydrogens is 363 g/mol. The van der Waals surface area contributed by atoms with Crippen molar-refractivity contribution in [3.63, 3.8) is 0 Å². The Balaban J connectivity index is 1.99. The fourth-order valence-corrected chi connectivity index (χ4v) is 2.46. The van der Waals surface area contributed by atoms with Gasteiger partial charge >= 0.3 is 6.18 Å². The normalized spacial score (nSPS) is 11.5. The van der Waals surface area contributed by atoms with Crippen LogP contribution in [-0.4, -0.2) is 31.8 Å². The molecule has 27 heavy (non-hydrogen) atoms. The molecule has 0 fully saturated rings. The molecule has 1 aromatic carbocycles. The number of benzene rings is 1. The zero-order valence-corrected chi connectivity index (χ0v) is 13.9. The van der Waals surface area contributed by atoms with E-state index in [1.165, 1.54) is 24.4 Å². The van der Waals surface area contributed by atoms with Crippen LogP contribution in [0.15, 0.2) is 54.2 Å². The predicted octanol–water partition coefficient (Wildman–Crippen LogP) is 1.90. The minimum atomic E-state index is -4.50. The minimum Gasteiger partial charge on any atom is -0.351 e. The van der Waals surface area contributed by atoms with E-state index in [-0.39, 0.29) is 29.8 Å². The van der Waals surface area contributed by atoms with Gasteiger partial charge in [-0.1, -0.05) is 12.1 Å². The number of carbonyl (C=O) groups excluding carboxylic acids is 1. The van der Waals surface area contributed by atoms with Gasteiger partial charge in [-0.05, 0) is 18.2 Å². The highest BCUT2D eigenvalue weighted by atomic mass is 19.4. The number of aromatic nitrogens is 4. The largest absolute Gasteiger partial charge is 0.416 e. The average Bonchev–Trinajstić information content (AvgIpc) is 3.06. The van der Waals surface area contributed by atoms with Gasteiger partial charge in [0, 0.05) is 6.54 Å². The summed E-state index contributed by atoms with van der Waals surface area (Å²) in [5.41, 5.74) is -1.14. The van der Waals surface area contributed by atoms with E-state index in [9.17, 15) is 22.8 Å². The van der Waals surface area contributed by atoms with Crippen molar-refractivity contribution in [2.75, 3.05) is 6.54 Å². The summed E-state index contributed by atoms with van der Waals surface area (Å²) in [4.78, 5) is 28.3. The van der Waals surface area contributed by atoms with E-state index in [0.717, 1.165) is 27.7 Å². The van der Waals surface area contributed by atoms with Crippen molar-refractivity contribution in [3.8, 4) is 5.69 Å². The third kappa shape index (κ3) is 3.73. The molecule has 0 aliphatic rings. The topological polar surface area (TPSA) is 81.8 Å². The molecule has 0 aliphatic heterocycles. The Hall–Kier alpha value is -3.43. The molecule has 10 heteroatoms. The molecule has 7 nitrogen and oxygen atoms in total. The number of hydrogen-bond donors (Lipinski definition) is 1. The Labute approximate surface area is 150 Å². The first-order valence-electron chi connectivity index (χ1n) is 7.79. The van der Waals surface area contributed by atoms with Crippen LogP contribution in [0.1, 0.15) is 5.56 Å². The van der Waals surface area contributed by atoms with E-state index < -0.39 is 23.2 Å². The zero-order valence-electron chi connectivity index (χ0n) is 13.9. The number of nitrogens with zero attached hydrogens (tertiary/aromatic N) is 4. The summed E-state index contributed by atoms with van der Waals surface area (Å²) in [5.74, 6) is -0.400. The lowest BCUT2D eigenvalue weighted by Gasteiger charge is -2.09. The number of alkyl halides is 3. The summed E-state index contributed by atoms with van der Waals surface area (Å²) < 4.78 is 41.0. The van der Waals surface area contributed by atoms with Gasteiger partial charge in [0.05, 0.1) is 17.4 Å². The second-order valence-electron chi connectivity index (χ2n) is 5.61.